The molecule has 0 aliphatic carbocycles. The fourth-order valence-corrected chi connectivity index (χ4v) is 5.42. The van der Waals surface area contributed by atoms with Crippen LogP contribution in [0.4, 0.5) is 5.69 Å². The predicted molar refractivity (Wildman–Crippen MR) is 158 cm³/mol. The summed E-state index contributed by atoms with van der Waals surface area (Å²) in [7, 11) is 0. The number of fused-ring (bicyclic) bond motifs is 2. The lowest BCUT2D eigenvalue weighted by Gasteiger charge is -2.34. The monoisotopic (exact) mass is 529 g/mol. The van der Waals surface area contributed by atoms with Crippen LogP contribution in [0.1, 0.15) is 18.4 Å². The third kappa shape index (κ3) is 7.01. The summed E-state index contributed by atoms with van der Waals surface area (Å²) in [5.41, 5.74) is 3.12. The lowest BCUT2D eigenvalue weighted by molar-refractivity contribution is -0.120. The second-order valence-electron chi connectivity index (χ2n) is 10.0. The van der Waals surface area contributed by atoms with E-state index >= 15 is 0 Å². The van der Waals surface area contributed by atoms with E-state index in [-0.39, 0.29) is 5.91 Å². The summed E-state index contributed by atoms with van der Waals surface area (Å²) in [5, 5.41) is 10.8. The molecule has 7 heteroatoms. The summed E-state index contributed by atoms with van der Waals surface area (Å²) in [4.78, 5) is 22.0. The van der Waals surface area contributed by atoms with Gasteiger partial charge in [-0.15, -0.1) is 0 Å². The summed E-state index contributed by atoms with van der Waals surface area (Å²) >= 11 is 6.10. The Labute approximate surface area is 230 Å². The van der Waals surface area contributed by atoms with Crippen molar-refractivity contribution in [2.24, 2.45) is 0 Å². The molecule has 1 fully saturated rings. The molecule has 1 aliphatic heterocycles. The number of nitrogens with one attached hydrogen (secondary N) is 2. The molecule has 5 rings (SSSR count). The highest BCUT2D eigenvalue weighted by atomic mass is 35.5. The number of benzene rings is 3. The van der Waals surface area contributed by atoms with E-state index in [9.17, 15) is 4.79 Å². The third-order valence-electron chi connectivity index (χ3n) is 7.34. The third-order valence-corrected chi connectivity index (χ3v) is 7.58. The number of hydrogen-bond donors (Lipinski definition) is 2. The van der Waals surface area contributed by atoms with Crippen LogP contribution in [0.15, 0.2) is 72.9 Å². The Bertz CT molecular complexity index is 1360. The molecule has 6 nitrogen and oxygen atoms in total. The normalized spacial score (nSPS) is 14.7. The molecule has 1 aliphatic rings. The SMILES string of the molecule is O=C(Cc1cccc2ccccc12)NCCCN1CCN(CCCNc2ccnc3cc(Cl)ccc23)CC1. The van der Waals surface area contributed by atoms with Gasteiger partial charge in [0.2, 0.25) is 5.91 Å². The van der Waals surface area contributed by atoms with Crippen molar-refractivity contribution >= 4 is 44.9 Å². The van der Waals surface area contributed by atoms with Gasteiger partial charge in [0.25, 0.3) is 0 Å². The Morgan fingerprint density at radius 2 is 1.58 bits per heavy atom. The molecule has 0 bridgehead atoms. The zero-order valence-electron chi connectivity index (χ0n) is 21.8. The van der Waals surface area contributed by atoms with Gasteiger partial charge in [0.1, 0.15) is 0 Å². The molecular weight excluding hydrogens is 494 g/mol. The summed E-state index contributed by atoms with van der Waals surface area (Å²) in [6.45, 7) is 8.17. The largest absolute Gasteiger partial charge is 0.384 e. The van der Waals surface area contributed by atoms with Gasteiger partial charge < -0.3 is 20.4 Å². The molecule has 0 unspecified atom stereocenters. The van der Waals surface area contributed by atoms with Gasteiger partial charge in [-0.3, -0.25) is 9.78 Å². The van der Waals surface area contributed by atoms with E-state index in [4.69, 9.17) is 11.6 Å². The molecule has 1 saturated heterocycles. The Balaban J connectivity index is 0.950. The van der Waals surface area contributed by atoms with E-state index in [1.165, 1.54) is 5.39 Å². The minimum atomic E-state index is 0.100. The van der Waals surface area contributed by atoms with Gasteiger partial charge in [-0.25, -0.2) is 0 Å². The Hall–Kier alpha value is -3.19. The number of carbonyl (C=O) groups is 1. The summed E-state index contributed by atoms with van der Waals surface area (Å²) < 4.78 is 0. The van der Waals surface area contributed by atoms with Crippen molar-refractivity contribution in [2.45, 2.75) is 19.3 Å². The van der Waals surface area contributed by atoms with Crippen LogP contribution < -0.4 is 10.6 Å². The molecule has 1 amide bonds. The summed E-state index contributed by atoms with van der Waals surface area (Å²) in [6, 6.07) is 22.3. The lowest BCUT2D eigenvalue weighted by Crippen LogP contribution is -2.47. The number of nitrogens with zero attached hydrogens (tertiary/aromatic N) is 3. The number of piperazine rings is 1. The maximum Gasteiger partial charge on any atom is 0.224 e. The summed E-state index contributed by atoms with van der Waals surface area (Å²) in [5.74, 6) is 0.100. The van der Waals surface area contributed by atoms with Gasteiger partial charge in [-0.2, -0.15) is 0 Å². The van der Waals surface area contributed by atoms with E-state index in [0.717, 1.165) is 92.7 Å². The fourth-order valence-electron chi connectivity index (χ4n) is 5.25. The minimum Gasteiger partial charge on any atom is -0.384 e. The zero-order chi connectivity index (χ0) is 26.2. The predicted octanol–water partition coefficient (Wildman–Crippen LogP) is 5.21. The molecule has 4 aromatic rings. The van der Waals surface area contributed by atoms with Gasteiger partial charge in [0, 0.05) is 61.6 Å². The Morgan fingerprint density at radius 1 is 0.842 bits per heavy atom. The second-order valence-corrected chi connectivity index (χ2v) is 10.4. The number of carbonyl (C=O) groups excluding carboxylic acids is 1. The molecular formula is C31H36ClN5O. The van der Waals surface area contributed by atoms with Gasteiger partial charge in [0.15, 0.2) is 0 Å². The molecule has 0 radical (unpaired) electrons. The van der Waals surface area contributed by atoms with E-state index in [0.29, 0.717) is 11.4 Å². The van der Waals surface area contributed by atoms with Gasteiger partial charge in [-0.05, 0) is 66.5 Å². The van der Waals surface area contributed by atoms with Crippen molar-refractivity contribution in [3.8, 4) is 0 Å². The number of halogens is 1. The van der Waals surface area contributed by atoms with Crippen molar-refractivity contribution in [3.63, 3.8) is 0 Å². The average Bonchev–Trinajstić information content (AvgIpc) is 2.94. The quantitative estimate of drug-likeness (QED) is 0.261. The molecule has 0 atom stereocenters. The molecule has 2 N–H and O–H groups in total. The van der Waals surface area contributed by atoms with E-state index in [1.807, 2.05) is 48.7 Å². The average molecular weight is 530 g/mol. The van der Waals surface area contributed by atoms with Crippen LogP contribution in [-0.4, -0.2) is 73.0 Å². The Kier molecular flexibility index (Phi) is 9.07. The van der Waals surface area contributed by atoms with E-state index in [1.54, 1.807) is 0 Å². The Morgan fingerprint density at radius 3 is 2.39 bits per heavy atom. The molecule has 1 aromatic heterocycles. The van der Waals surface area contributed by atoms with Crippen LogP contribution in [0, 0.1) is 0 Å². The lowest BCUT2D eigenvalue weighted by atomic mass is 10.0. The second kappa shape index (κ2) is 13.1. The van der Waals surface area contributed by atoms with Crippen molar-refractivity contribution in [1.29, 1.82) is 0 Å². The van der Waals surface area contributed by atoms with Crippen LogP contribution in [0.5, 0.6) is 0 Å². The summed E-state index contributed by atoms with van der Waals surface area (Å²) in [6.07, 6.45) is 4.34. The van der Waals surface area contributed by atoms with Crippen molar-refractivity contribution in [1.82, 2.24) is 20.1 Å². The van der Waals surface area contributed by atoms with Gasteiger partial charge in [-0.1, -0.05) is 54.1 Å². The molecule has 3 aromatic carbocycles. The standard InChI is InChI=1S/C31H36ClN5O/c32-26-10-11-28-29(12-15-34-30(28)23-26)33-13-4-16-36-18-20-37(21-19-36)17-5-14-35-31(38)22-25-8-3-7-24-6-1-2-9-27(24)25/h1-3,6-12,15,23H,4-5,13-14,16-22H2,(H,33,34)(H,35,38). The number of pyridine rings is 1. The molecule has 198 valence electrons. The first kappa shape index (κ1) is 26.4. The number of aromatic nitrogens is 1. The minimum absolute atomic E-state index is 0.100. The van der Waals surface area contributed by atoms with Crippen LogP contribution >= 0.6 is 11.6 Å². The first-order valence-electron chi connectivity index (χ1n) is 13.6. The highest BCUT2D eigenvalue weighted by Gasteiger charge is 2.16. The van der Waals surface area contributed by atoms with Crippen molar-refractivity contribution < 1.29 is 4.79 Å². The van der Waals surface area contributed by atoms with Crippen molar-refractivity contribution in [2.75, 3.05) is 57.7 Å². The number of rotatable bonds is 11. The topological polar surface area (TPSA) is 60.5 Å². The van der Waals surface area contributed by atoms with Gasteiger partial charge >= 0.3 is 0 Å². The number of hydrogen-bond acceptors (Lipinski definition) is 5. The zero-order valence-corrected chi connectivity index (χ0v) is 22.6. The smallest absolute Gasteiger partial charge is 0.224 e. The first-order valence-corrected chi connectivity index (χ1v) is 14.0. The number of anilines is 1. The van der Waals surface area contributed by atoms with Gasteiger partial charge in [0.05, 0.1) is 11.9 Å². The maximum atomic E-state index is 12.5. The maximum absolute atomic E-state index is 12.5. The van der Waals surface area contributed by atoms with Crippen LogP contribution in [0.2, 0.25) is 5.02 Å². The van der Waals surface area contributed by atoms with Crippen LogP contribution in [-0.2, 0) is 11.2 Å². The first-order chi connectivity index (χ1) is 18.7. The molecule has 0 saturated carbocycles. The molecule has 2 heterocycles. The van der Waals surface area contributed by atoms with Crippen LogP contribution in [0.3, 0.4) is 0 Å². The molecule has 38 heavy (non-hydrogen) atoms. The highest BCUT2D eigenvalue weighted by molar-refractivity contribution is 6.31. The fraction of sp³-hybridized carbons (Fsp3) is 0.355. The van der Waals surface area contributed by atoms with E-state index < -0.39 is 0 Å². The number of amides is 1. The molecule has 0 spiro atoms. The van der Waals surface area contributed by atoms with Crippen LogP contribution in [0.25, 0.3) is 21.7 Å². The van der Waals surface area contributed by atoms with E-state index in [2.05, 4.69) is 49.7 Å². The highest BCUT2D eigenvalue weighted by Crippen LogP contribution is 2.24. The van der Waals surface area contributed by atoms with Crippen molar-refractivity contribution in [3.05, 3.63) is 83.5 Å².